The molecule has 4 heteroatoms. The highest BCUT2D eigenvalue weighted by atomic mass is 35.5. The molecule has 0 aliphatic rings. The van der Waals surface area contributed by atoms with Gasteiger partial charge < -0.3 is 10.1 Å². The highest BCUT2D eigenvalue weighted by molar-refractivity contribution is 6.31. The maximum absolute atomic E-state index is 6.08. The van der Waals surface area contributed by atoms with Crippen LogP contribution in [0, 0.1) is 0 Å². The Morgan fingerprint density at radius 3 is 2.38 bits per heavy atom. The normalized spacial score (nSPS) is 11.5. The van der Waals surface area contributed by atoms with Gasteiger partial charge in [0, 0.05) is 27.7 Å². The minimum Gasteiger partial charge on any atom is -0.457 e. The van der Waals surface area contributed by atoms with E-state index in [9.17, 15) is 0 Å². The van der Waals surface area contributed by atoms with Gasteiger partial charge in [0.25, 0.3) is 0 Å². The Hall–Kier alpha value is -1.22. The van der Waals surface area contributed by atoms with Gasteiger partial charge in [0.05, 0.1) is 0 Å². The maximum Gasteiger partial charge on any atom is 0.133 e. The Morgan fingerprint density at radius 2 is 1.71 bits per heavy atom. The summed E-state index contributed by atoms with van der Waals surface area (Å²) < 4.78 is 5.93. The Bertz CT molecular complexity index is 620. The fraction of sp³-hybridized carbons (Fsp3) is 0.294. The average molecular weight is 324 g/mol. The van der Waals surface area contributed by atoms with Crippen LogP contribution in [0.4, 0.5) is 0 Å². The summed E-state index contributed by atoms with van der Waals surface area (Å²) in [5.74, 6) is 1.43. The van der Waals surface area contributed by atoms with Crippen molar-refractivity contribution < 1.29 is 4.74 Å². The molecule has 0 saturated carbocycles. The zero-order valence-corrected chi connectivity index (χ0v) is 13.9. The molecule has 0 radical (unpaired) electrons. The second-order valence-corrected chi connectivity index (χ2v) is 6.79. The topological polar surface area (TPSA) is 21.3 Å². The lowest BCUT2D eigenvalue weighted by atomic mass is 10.1. The molecule has 0 atom stereocenters. The molecular weight excluding hydrogens is 305 g/mol. The number of rotatable bonds is 4. The molecule has 0 saturated heterocycles. The molecule has 0 bridgehead atoms. The van der Waals surface area contributed by atoms with Crippen LogP contribution >= 0.6 is 23.2 Å². The van der Waals surface area contributed by atoms with Crippen molar-refractivity contribution in [3.8, 4) is 11.5 Å². The predicted octanol–water partition coefficient (Wildman–Crippen LogP) is 5.67. The van der Waals surface area contributed by atoms with E-state index in [0.717, 1.165) is 11.3 Å². The fourth-order valence-electron chi connectivity index (χ4n) is 1.79. The SMILES string of the molecule is CC(C)(C)NCc1ccc(Cl)cc1Oc1cccc(Cl)c1. The van der Waals surface area contributed by atoms with E-state index in [-0.39, 0.29) is 5.54 Å². The zero-order valence-electron chi connectivity index (χ0n) is 12.4. The largest absolute Gasteiger partial charge is 0.457 e. The number of nitrogens with one attached hydrogen (secondary N) is 1. The Morgan fingerprint density at radius 1 is 1.00 bits per heavy atom. The van der Waals surface area contributed by atoms with Crippen molar-refractivity contribution in [1.82, 2.24) is 5.32 Å². The van der Waals surface area contributed by atoms with Gasteiger partial charge in [0.15, 0.2) is 0 Å². The molecule has 112 valence electrons. The minimum atomic E-state index is 0.0347. The zero-order chi connectivity index (χ0) is 15.5. The second kappa shape index (κ2) is 6.69. The van der Waals surface area contributed by atoms with E-state index in [1.165, 1.54) is 0 Å². The summed E-state index contributed by atoms with van der Waals surface area (Å²) in [6, 6.07) is 13.0. The van der Waals surface area contributed by atoms with Crippen molar-refractivity contribution in [3.63, 3.8) is 0 Å². The summed E-state index contributed by atoms with van der Waals surface area (Å²) in [7, 11) is 0. The lowest BCUT2D eigenvalue weighted by Gasteiger charge is -2.21. The molecule has 0 aromatic heterocycles. The minimum absolute atomic E-state index is 0.0347. The van der Waals surface area contributed by atoms with E-state index in [1.54, 1.807) is 6.07 Å². The van der Waals surface area contributed by atoms with Gasteiger partial charge >= 0.3 is 0 Å². The molecule has 0 spiro atoms. The van der Waals surface area contributed by atoms with Crippen LogP contribution in [0.3, 0.4) is 0 Å². The lowest BCUT2D eigenvalue weighted by molar-refractivity contribution is 0.414. The summed E-state index contributed by atoms with van der Waals surface area (Å²) in [5, 5.41) is 4.73. The van der Waals surface area contributed by atoms with Gasteiger partial charge in [-0.2, -0.15) is 0 Å². The number of hydrogen-bond donors (Lipinski definition) is 1. The number of halogens is 2. The quantitative estimate of drug-likeness (QED) is 0.782. The van der Waals surface area contributed by atoms with Crippen LogP contribution in [-0.4, -0.2) is 5.54 Å². The van der Waals surface area contributed by atoms with Gasteiger partial charge in [-0.25, -0.2) is 0 Å². The van der Waals surface area contributed by atoms with Gasteiger partial charge in [0.1, 0.15) is 11.5 Å². The molecule has 2 nitrogen and oxygen atoms in total. The molecule has 0 unspecified atom stereocenters. The van der Waals surface area contributed by atoms with E-state index in [0.29, 0.717) is 22.3 Å². The third-order valence-electron chi connectivity index (χ3n) is 2.86. The van der Waals surface area contributed by atoms with E-state index >= 15 is 0 Å². The van der Waals surface area contributed by atoms with Gasteiger partial charge in [0.2, 0.25) is 0 Å². The number of benzene rings is 2. The van der Waals surface area contributed by atoms with Crippen LogP contribution in [0.2, 0.25) is 10.0 Å². The Kier molecular flexibility index (Phi) is 5.15. The van der Waals surface area contributed by atoms with Gasteiger partial charge in [-0.05, 0) is 51.1 Å². The molecule has 2 aromatic carbocycles. The molecule has 0 amide bonds. The van der Waals surface area contributed by atoms with Crippen molar-refractivity contribution in [2.45, 2.75) is 32.9 Å². The van der Waals surface area contributed by atoms with Crippen LogP contribution in [0.25, 0.3) is 0 Å². The molecular formula is C17H19Cl2NO. The standard InChI is InChI=1S/C17H19Cl2NO/c1-17(2,3)20-11-12-7-8-14(19)10-16(12)21-15-6-4-5-13(18)9-15/h4-10,20H,11H2,1-3H3. The van der Waals surface area contributed by atoms with Crippen molar-refractivity contribution >= 4 is 23.2 Å². The summed E-state index contributed by atoms with van der Waals surface area (Å²) in [5.41, 5.74) is 1.08. The van der Waals surface area contributed by atoms with Crippen molar-refractivity contribution in [2.24, 2.45) is 0 Å². The number of ether oxygens (including phenoxy) is 1. The molecule has 0 heterocycles. The highest BCUT2D eigenvalue weighted by Gasteiger charge is 2.12. The van der Waals surface area contributed by atoms with Crippen LogP contribution < -0.4 is 10.1 Å². The summed E-state index contributed by atoms with van der Waals surface area (Å²) in [4.78, 5) is 0. The first-order chi connectivity index (χ1) is 9.83. The molecule has 1 N–H and O–H groups in total. The first kappa shape index (κ1) is 16.2. The van der Waals surface area contributed by atoms with E-state index in [1.807, 2.05) is 36.4 Å². The van der Waals surface area contributed by atoms with Crippen molar-refractivity contribution in [2.75, 3.05) is 0 Å². The maximum atomic E-state index is 6.08. The average Bonchev–Trinajstić information content (AvgIpc) is 2.36. The smallest absolute Gasteiger partial charge is 0.133 e. The molecule has 0 fully saturated rings. The van der Waals surface area contributed by atoms with Crippen LogP contribution in [-0.2, 0) is 6.54 Å². The van der Waals surface area contributed by atoms with Gasteiger partial charge in [-0.15, -0.1) is 0 Å². The van der Waals surface area contributed by atoms with Gasteiger partial charge in [-0.3, -0.25) is 0 Å². The Labute approximate surface area is 136 Å². The molecule has 0 aliphatic heterocycles. The monoisotopic (exact) mass is 323 g/mol. The lowest BCUT2D eigenvalue weighted by Crippen LogP contribution is -2.35. The summed E-state index contributed by atoms with van der Waals surface area (Å²) >= 11 is 12.1. The fourth-order valence-corrected chi connectivity index (χ4v) is 2.13. The summed E-state index contributed by atoms with van der Waals surface area (Å²) in [6.45, 7) is 7.08. The van der Waals surface area contributed by atoms with E-state index in [4.69, 9.17) is 27.9 Å². The Balaban J connectivity index is 2.23. The van der Waals surface area contributed by atoms with Crippen LogP contribution in [0.15, 0.2) is 42.5 Å². The van der Waals surface area contributed by atoms with Gasteiger partial charge in [-0.1, -0.05) is 35.3 Å². The molecule has 2 rings (SSSR count). The molecule has 2 aromatic rings. The highest BCUT2D eigenvalue weighted by Crippen LogP contribution is 2.30. The van der Waals surface area contributed by atoms with Crippen molar-refractivity contribution in [1.29, 1.82) is 0 Å². The van der Waals surface area contributed by atoms with Crippen LogP contribution in [0.5, 0.6) is 11.5 Å². The first-order valence-corrected chi connectivity index (χ1v) is 7.56. The predicted molar refractivity (Wildman–Crippen MR) is 89.6 cm³/mol. The third kappa shape index (κ3) is 5.24. The number of hydrogen-bond acceptors (Lipinski definition) is 2. The van der Waals surface area contributed by atoms with E-state index in [2.05, 4.69) is 26.1 Å². The summed E-state index contributed by atoms with van der Waals surface area (Å²) in [6.07, 6.45) is 0. The third-order valence-corrected chi connectivity index (χ3v) is 3.33. The molecule has 21 heavy (non-hydrogen) atoms. The second-order valence-electron chi connectivity index (χ2n) is 5.92. The van der Waals surface area contributed by atoms with E-state index < -0.39 is 0 Å². The first-order valence-electron chi connectivity index (χ1n) is 6.80. The molecule has 0 aliphatic carbocycles. The van der Waals surface area contributed by atoms with Crippen molar-refractivity contribution in [3.05, 3.63) is 58.1 Å². The van der Waals surface area contributed by atoms with Crippen LogP contribution in [0.1, 0.15) is 26.3 Å².